The van der Waals surface area contributed by atoms with Gasteiger partial charge in [-0.2, -0.15) is 0 Å². The quantitative estimate of drug-likeness (QED) is 0.193. The van der Waals surface area contributed by atoms with E-state index in [2.05, 4.69) is 17.2 Å². The van der Waals surface area contributed by atoms with Gasteiger partial charge in [0.15, 0.2) is 0 Å². The molecule has 0 spiro atoms. The molecule has 2 rings (SSSR count). The molecule has 0 bridgehead atoms. The number of hydrogen-bond acceptors (Lipinski definition) is 9. The molecule has 164 valence electrons. The molecule has 1 aromatic heterocycles. The highest BCUT2D eigenvalue weighted by molar-refractivity contribution is 8.77. The SMILES string of the molecule is Cc1ncc(CO)c(CNCOC(C)OC(=O)CCCC[C@]2(C)CCSS2)c1O. The minimum Gasteiger partial charge on any atom is -0.506 e. The highest BCUT2D eigenvalue weighted by atomic mass is 33.1. The van der Waals surface area contributed by atoms with Gasteiger partial charge in [-0.1, -0.05) is 28.0 Å². The first-order chi connectivity index (χ1) is 13.8. The Labute approximate surface area is 180 Å². The highest BCUT2D eigenvalue weighted by Crippen LogP contribution is 2.49. The van der Waals surface area contributed by atoms with Crippen molar-refractivity contribution in [2.45, 2.75) is 77.1 Å². The van der Waals surface area contributed by atoms with Crippen LogP contribution >= 0.6 is 21.6 Å². The van der Waals surface area contributed by atoms with E-state index in [9.17, 15) is 15.0 Å². The Morgan fingerprint density at radius 3 is 2.93 bits per heavy atom. The van der Waals surface area contributed by atoms with E-state index in [0.717, 1.165) is 19.3 Å². The van der Waals surface area contributed by atoms with Gasteiger partial charge in [-0.25, -0.2) is 0 Å². The summed E-state index contributed by atoms with van der Waals surface area (Å²) in [7, 11) is 3.91. The van der Waals surface area contributed by atoms with Crippen LogP contribution in [-0.2, 0) is 27.4 Å². The van der Waals surface area contributed by atoms with Crippen LogP contribution in [0.3, 0.4) is 0 Å². The number of nitrogens with zero attached hydrogens (tertiary/aromatic N) is 1. The van der Waals surface area contributed by atoms with Gasteiger partial charge in [0.25, 0.3) is 0 Å². The maximum atomic E-state index is 11.9. The molecule has 3 N–H and O–H groups in total. The van der Waals surface area contributed by atoms with E-state index in [1.807, 2.05) is 21.6 Å². The lowest BCUT2D eigenvalue weighted by atomic mass is 9.99. The van der Waals surface area contributed by atoms with E-state index in [-0.39, 0.29) is 25.1 Å². The molecule has 9 heteroatoms. The molecule has 1 aliphatic heterocycles. The number of carbonyl (C=O) groups excluding carboxylic acids is 1. The van der Waals surface area contributed by atoms with Crippen LogP contribution in [0.2, 0.25) is 0 Å². The predicted molar refractivity (Wildman–Crippen MR) is 116 cm³/mol. The fourth-order valence-corrected chi connectivity index (χ4v) is 6.36. The average Bonchev–Trinajstić information content (AvgIpc) is 3.12. The van der Waals surface area contributed by atoms with E-state index >= 15 is 0 Å². The smallest absolute Gasteiger partial charge is 0.308 e. The number of unbranched alkanes of at least 4 members (excludes halogenated alkanes) is 1. The summed E-state index contributed by atoms with van der Waals surface area (Å²) in [6.45, 7) is 5.93. The Morgan fingerprint density at radius 2 is 2.24 bits per heavy atom. The van der Waals surface area contributed by atoms with E-state index in [1.165, 1.54) is 12.2 Å². The van der Waals surface area contributed by atoms with E-state index in [1.54, 1.807) is 20.0 Å². The fourth-order valence-electron chi connectivity index (χ4n) is 3.07. The molecule has 1 aromatic rings. The van der Waals surface area contributed by atoms with E-state index in [4.69, 9.17) is 9.47 Å². The summed E-state index contributed by atoms with van der Waals surface area (Å²) in [4.78, 5) is 16.0. The molecule has 1 fully saturated rings. The largest absolute Gasteiger partial charge is 0.506 e. The minimum absolute atomic E-state index is 0.0620. The Kier molecular flexibility index (Phi) is 10.0. The number of aromatic hydroxyl groups is 1. The van der Waals surface area contributed by atoms with Crippen LogP contribution in [0.1, 0.15) is 62.8 Å². The first-order valence-corrected chi connectivity index (χ1v) is 12.3. The number of ether oxygens (including phenoxy) is 2. The lowest BCUT2D eigenvalue weighted by Gasteiger charge is -2.21. The third-order valence-electron chi connectivity index (χ3n) is 4.93. The monoisotopic (exact) mass is 444 g/mol. The van der Waals surface area contributed by atoms with Crippen molar-refractivity contribution in [2.24, 2.45) is 0 Å². The molecule has 7 nitrogen and oxygen atoms in total. The van der Waals surface area contributed by atoms with Gasteiger partial charge in [-0.3, -0.25) is 15.1 Å². The van der Waals surface area contributed by atoms with Crippen LogP contribution in [0.25, 0.3) is 0 Å². The predicted octanol–water partition coefficient (Wildman–Crippen LogP) is 3.65. The molecule has 0 amide bonds. The second-order valence-electron chi connectivity index (χ2n) is 7.46. The second kappa shape index (κ2) is 12.0. The molecular formula is C20H32N2O5S2. The van der Waals surface area contributed by atoms with Crippen molar-refractivity contribution in [2.75, 3.05) is 12.5 Å². The molecule has 2 heterocycles. The van der Waals surface area contributed by atoms with Gasteiger partial charge in [0.1, 0.15) is 12.5 Å². The molecular weight excluding hydrogens is 412 g/mol. The molecule has 1 unspecified atom stereocenters. The topological polar surface area (TPSA) is 101 Å². The average molecular weight is 445 g/mol. The number of pyridine rings is 1. The van der Waals surface area contributed by atoms with Crippen LogP contribution in [0.5, 0.6) is 5.75 Å². The summed E-state index contributed by atoms with van der Waals surface area (Å²) in [6, 6.07) is 0. The lowest BCUT2D eigenvalue weighted by Crippen LogP contribution is -2.25. The van der Waals surface area contributed by atoms with Crippen LogP contribution in [0, 0.1) is 6.92 Å². The normalized spacial score (nSPS) is 20.0. The van der Waals surface area contributed by atoms with E-state index < -0.39 is 6.29 Å². The van der Waals surface area contributed by atoms with Gasteiger partial charge in [0.2, 0.25) is 6.29 Å². The number of rotatable bonds is 12. The molecule has 29 heavy (non-hydrogen) atoms. The Balaban J connectivity index is 1.60. The van der Waals surface area contributed by atoms with Gasteiger partial charge in [0.05, 0.1) is 12.3 Å². The van der Waals surface area contributed by atoms with Crippen molar-refractivity contribution in [3.63, 3.8) is 0 Å². The lowest BCUT2D eigenvalue weighted by molar-refractivity contribution is -0.176. The number of aromatic nitrogens is 1. The summed E-state index contributed by atoms with van der Waals surface area (Å²) in [5.41, 5.74) is 1.64. The molecule has 0 saturated carbocycles. The van der Waals surface area contributed by atoms with Crippen LogP contribution in [0.4, 0.5) is 0 Å². The van der Waals surface area contributed by atoms with Gasteiger partial charge in [0, 0.05) is 40.8 Å². The number of esters is 1. The van der Waals surface area contributed by atoms with E-state index in [0.29, 0.717) is 34.5 Å². The zero-order valence-electron chi connectivity index (χ0n) is 17.4. The van der Waals surface area contributed by atoms with Crippen LogP contribution in [-0.4, -0.2) is 44.7 Å². The van der Waals surface area contributed by atoms with Crippen molar-refractivity contribution in [3.8, 4) is 5.75 Å². The summed E-state index contributed by atoms with van der Waals surface area (Å²) >= 11 is 0. The van der Waals surface area contributed by atoms with Crippen molar-refractivity contribution in [3.05, 3.63) is 23.0 Å². The van der Waals surface area contributed by atoms with Crippen molar-refractivity contribution in [1.82, 2.24) is 10.3 Å². The number of nitrogens with one attached hydrogen (secondary N) is 1. The second-order valence-corrected chi connectivity index (χ2v) is 10.5. The van der Waals surface area contributed by atoms with Gasteiger partial charge >= 0.3 is 5.97 Å². The molecule has 0 aromatic carbocycles. The number of carbonyl (C=O) groups is 1. The summed E-state index contributed by atoms with van der Waals surface area (Å²) in [5.74, 6) is 1.03. The maximum absolute atomic E-state index is 11.9. The number of aryl methyl sites for hydroxylation is 1. The summed E-state index contributed by atoms with van der Waals surface area (Å²) in [6.07, 6.45) is 5.51. The van der Waals surface area contributed by atoms with Gasteiger partial charge in [-0.05, 0) is 40.0 Å². The Bertz CT molecular complexity index is 669. The zero-order valence-corrected chi connectivity index (χ0v) is 19.0. The third-order valence-corrected chi connectivity index (χ3v) is 8.29. The number of aliphatic hydroxyl groups is 1. The fraction of sp³-hybridized carbons (Fsp3) is 0.700. The molecule has 2 atom stereocenters. The molecule has 1 saturated heterocycles. The molecule has 0 aliphatic carbocycles. The Morgan fingerprint density at radius 1 is 1.45 bits per heavy atom. The number of aliphatic hydroxyl groups excluding tert-OH is 1. The first kappa shape index (κ1) is 24.3. The van der Waals surface area contributed by atoms with Crippen LogP contribution < -0.4 is 5.32 Å². The molecule has 1 aliphatic rings. The van der Waals surface area contributed by atoms with Gasteiger partial charge in [-0.15, -0.1) is 0 Å². The zero-order chi connectivity index (χ0) is 21.3. The minimum atomic E-state index is -0.653. The first-order valence-electron chi connectivity index (χ1n) is 9.94. The third kappa shape index (κ3) is 7.97. The summed E-state index contributed by atoms with van der Waals surface area (Å²) < 4.78 is 11.1. The standard InChI is InChI=1S/C20H32N2O5S2/c1-14-19(25)17(16(12-23)10-22-14)11-21-13-26-15(2)27-18(24)6-4-5-7-20(3)8-9-28-29-20/h10,15,21,23,25H,4-9,11-13H2,1-3H3/t15?,20-/m1/s1. The highest BCUT2D eigenvalue weighted by Gasteiger charge is 2.29. The summed E-state index contributed by atoms with van der Waals surface area (Å²) in [5, 5.41) is 22.5. The number of hydrogen-bond donors (Lipinski definition) is 3. The van der Waals surface area contributed by atoms with Crippen molar-refractivity contribution < 1.29 is 24.5 Å². The van der Waals surface area contributed by atoms with Crippen molar-refractivity contribution >= 4 is 27.6 Å². The van der Waals surface area contributed by atoms with Crippen LogP contribution in [0.15, 0.2) is 6.20 Å². The van der Waals surface area contributed by atoms with Gasteiger partial charge < -0.3 is 19.7 Å². The van der Waals surface area contributed by atoms with Crippen molar-refractivity contribution in [1.29, 1.82) is 0 Å². The molecule has 0 radical (unpaired) electrons. The maximum Gasteiger partial charge on any atom is 0.308 e. The Hall–Kier alpha value is -1.00.